The standard InChI is InChI=1S/C13H16FNO3/c1-8-11(14)5-9(6-12(8)15)13(16)18-10-3-2-4-17-7-10/h5-6,10H,2-4,7,15H2,1H3. The Kier molecular flexibility index (Phi) is 3.81. The first-order chi connectivity index (χ1) is 8.58. The quantitative estimate of drug-likeness (QED) is 0.647. The molecule has 0 aliphatic carbocycles. The number of nitrogens with two attached hydrogens (primary N) is 1. The minimum atomic E-state index is -0.559. The average Bonchev–Trinajstić information content (AvgIpc) is 2.36. The Labute approximate surface area is 105 Å². The lowest BCUT2D eigenvalue weighted by molar-refractivity contribution is -0.0306. The number of carbonyl (C=O) groups excluding carboxylic acids is 1. The van der Waals surface area contributed by atoms with Gasteiger partial charge in [-0.05, 0) is 31.9 Å². The summed E-state index contributed by atoms with van der Waals surface area (Å²) in [6.07, 6.45) is 1.38. The topological polar surface area (TPSA) is 61.6 Å². The lowest BCUT2D eigenvalue weighted by Crippen LogP contribution is -2.28. The Balaban J connectivity index is 2.08. The Morgan fingerprint density at radius 1 is 1.56 bits per heavy atom. The SMILES string of the molecule is Cc1c(N)cc(C(=O)OC2CCCOC2)cc1F. The van der Waals surface area contributed by atoms with E-state index in [1.807, 2.05) is 0 Å². The van der Waals surface area contributed by atoms with Crippen LogP contribution in [0.1, 0.15) is 28.8 Å². The molecule has 0 radical (unpaired) electrons. The van der Waals surface area contributed by atoms with Gasteiger partial charge in [-0.3, -0.25) is 0 Å². The molecular weight excluding hydrogens is 237 g/mol. The van der Waals surface area contributed by atoms with Gasteiger partial charge in [-0.1, -0.05) is 0 Å². The molecule has 0 aromatic heterocycles. The van der Waals surface area contributed by atoms with Crippen LogP contribution in [0.15, 0.2) is 12.1 Å². The molecule has 1 aromatic rings. The molecule has 1 heterocycles. The normalized spacial score (nSPS) is 19.6. The number of rotatable bonds is 2. The van der Waals surface area contributed by atoms with Crippen LogP contribution in [0.5, 0.6) is 0 Å². The van der Waals surface area contributed by atoms with Gasteiger partial charge in [0.15, 0.2) is 0 Å². The number of nitrogen functional groups attached to an aromatic ring is 1. The van der Waals surface area contributed by atoms with Crippen LogP contribution >= 0.6 is 0 Å². The van der Waals surface area contributed by atoms with Gasteiger partial charge in [0.2, 0.25) is 0 Å². The number of halogens is 1. The summed E-state index contributed by atoms with van der Waals surface area (Å²) >= 11 is 0. The van der Waals surface area contributed by atoms with E-state index in [-0.39, 0.29) is 17.4 Å². The second-order valence-electron chi connectivity index (χ2n) is 4.42. The molecule has 1 saturated heterocycles. The summed E-state index contributed by atoms with van der Waals surface area (Å²) in [5.74, 6) is -1.06. The molecule has 98 valence electrons. The summed E-state index contributed by atoms with van der Waals surface area (Å²) in [6.45, 7) is 2.66. The fourth-order valence-corrected chi connectivity index (χ4v) is 1.84. The fourth-order valence-electron chi connectivity index (χ4n) is 1.84. The molecule has 5 heteroatoms. The number of carbonyl (C=O) groups is 1. The van der Waals surface area contributed by atoms with Crippen molar-refractivity contribution in [2.45, 2.75) is 25.9 Å². The minimum Gasteiger partial charge on any atom is -0.456 e. The number of anilines is 1. The van der Waals surface area contributed by atoms with Gasteiger partial charge < -0.3 is 15.2 Å². The van der Waals surface area contributed by atoms with Crippen molar-refractivity contribution in [2.24, 2.45) is 0 Å². The van der Waals surface area contributed by atoms with Crippen molar-refractivity contribution in [3.63, 3.8) is 0 Å². The van der Waals surface area contributed by atoms with E-state index in [9.17, 15) is 9.18 Å². The van der Waals surface area contributed by atoms with Crippen LogP contribution in [0.25, 0.3) is 0 Å². The van der Waals surface area contributed by atoms with E-state index in [4.69, 9.17) is 15.2 Å². The van der Waals surface area contributed by atoms with Crippen LogP contribution < -0.4 is 5.73 Å². The molecular formula is C13H16FNO3. The Morgan fingerprint density at radius 2 is 2.33 bits per heavy atom. The molecule has 1 unspecified atom stereocenters. The van der Waals surface area contributed by atoms with Crippen molar-refractivity contribution >= 4 is 11.7 Å². The van der Waals surface area contributed by atoms with E-state index >= 15 is 0 Å². The zero-order chi connectivity index (χ0) is 13.1. The van der Waals surface area contributed by atoms with Gasteiger partial charge in [-0.25, -0.2) is 9.18 Å². The molecule has 1 aliphatic rings. The summed E-state index contributed by atoms with van der Waals surface area (Å²) in [5, 5.41) is 0. The highest BCUT2D eigenvalue weighted by atomic mass is 19.1. The summed E-state index contributed by atoms with van der Waals surface area (Å²) in [6, 6.07) is 2.59. The van der Waals surface area contributed by atoms with Crippen molar-refractivity contribution < 1.29 is 18.7 Å². The summed E-state index contributed by atoms with van der Waals surface area (Å²) < 4.78 is 23.9. The fraction of sp³-hybridized carbons (Fsp3) is 0.462. The Hall–Kier alpha value is -1.62. The first-order valence-electron chi connectivity index (χ1n) is 5.92. The third-order valence-electron chi connectivity index (χ3n) is 3.01. The monoisotopic (exact) mass is 253 g/mol. The highest BCUT2D eigenvalue weighted by Gasteiger charge is 2.20. The van der Waals surface area contributed by atoms with Gasteiger partial charge in [0.25, 0.3) is 0 Å². The molecule has 2 rings (SSSR count). The summed E-state index contributed by atoms with van der Waals surface area (Å²) in [7, 11) is 0. The van der Waals surface area contributed by atoms with Gasteiger partial charge >= 0.3 is 5.97 Å². The third-order valence-corrected chi connectivity index (χ3v) is 3.01. The number of hydrogen-bond donors (Lipinski definition) is 1. The van der Waals surface area contributed by atoms with Crippen LogP contribution in [0.3, 0.4) is 0 Å². The summed E-state index contributed by atoms with van der Waals surface area (Å²) in [5.41, 5.74) is 6.35. The Bertz CT molecular complexity index is 433. The first-order valence-corrected chi connectivity index (χ1v) is 5.92. The van der Waals surface area contributed by atoms with E-state index in [1.165, 1.54) is 6.07 Å². The number of benzene rings is 1. The molecule has 0 spiro atoms. The third kappa shape index (κ3) is 2.79. The maximum atomic E-state index is 13.5. The number of ether oxygens (including phenoxy) is 2. The predicted molar refractivity (Wildman–Crippen MR) is 64.8 cm³/mol. The molecule has 2 N–H and O–H groups in total. The molecule has 0 amide bonds. The van der Waals surface area contributed by atoms with E-state index in [1.54, 1.807) is 6.92 Å². The number of esters is 1. The van der Waals surface area contributed by atoms with Gasteiger partial charge in [0.1, 0.15) is 11.9 Å². The van der Waals surface area contributed by atoms with Crippen molar-refractivity contribution in [1.29, 1.82) is 0 Å². The molecule has 1 atom stereocenters. The molecule has 1 aliphatic heterocycles. The lowest BCUT2D eigenvalue weighted by Gasteiger charge is -2.22. The second kappa shape index (κ2) is 5.35. The van der Waals surface area contributed by atoms with Crippen molar-refractivity contribution in [3.8, 4) is 0 Å². The van der Waals surface area contributed by atoms with E-state index in [0.717, 1.165) is 18.9 Å². The average molecular weight is 253 g/mol. The van der Waals surface area contributed by atoms with Gasteiger partial charge in [0.05, 0.1) is 12.2 Å². The highest BCUT2D eigenvalue weighted by Crippen LogP contribution is 2.19. The van der Waals surface area contributed by atoms with Crippen LogP contribution in [-0.4, -0.2) is 25.3 Å². The lowest BCUT2D eigenvalue weighted by atomic mass is 10.1. The zero-order valence-corrected chi connectivity index (χ0v) is 10.2. The number of hydrogen-bond acceptors (Lipinski definition) is 4. The second-order valence-corrected chi connectivity index (χ2v) is 4.42. The summed E-state index contributed by atoms with van der Waals surface area (Å²) in [4.78, 5) is 11.8. The highest BCUT2D eigenvalue weighted by molar-refractivity contribution is 5.90. The largest absolute Gasteiger partial charge is 0.456 e. The maximum Gasteiger partial charge on any atom is 0.338 e. The van der Waals surface area contributed by atoms with Crippen molar-refractivity contribution in [3.05, 3.63) is 29.1 Å². The van der Waals surface area contributed by atoms with Crippen LogP contribution in [0.4, 0.5) is 10.1 Å². The molecule has 1 fully saturated rings. The minimum absolute atomic E-state index is 0.140. The van der Waals surface area contributed by atoms with Crippen LogP contribution in [-0.2, 0) is 9.47 Å². The molecule has 4 nitrogen and oxygen atoms in total. The smallest absolute Gasteiger partial charge is 0.338 e. The molecule has 0 saturated carbocycles. The Morgan fingerprint density at radius 3 is 2.94 bits per heavy atom. The van der Waals surface area contributed by atoms with Gasteiger partial charge in [-0.15, -0.1) is 0 Å². The molecule has 18 heavy (non-hydrogen) atoms. The van der Waals surface area contributed by atoms with E-state index < -0.39 is 11.8 Å². The van der Waals surface area contributed by atoms with Gasteiger partial charge in [-0.2, -0.15) is 0 Å². The van der Waals surface area contributed by atoms with Crippen LogP contribution in [0, 0.1) is 12.7 Å². The van der Waals surface area contributed by atoms with E-state index in [2.05, 4.69) is 0 Å². The van der Waals surface area contributed by atoms with Crippen molar-refractivity contribution in [2.75, 3.05) is 18.9 Å². The van der Waals surface area contributed by atoms with Crippen molar-refractivity contribution in [1.82, 2.24) is 0 Å². The zero-order valence-electron chi connectivity index (χ0n) is 10.2. The molecule has 0 bridgehead atoms. The molecule has 1 aromatic carbocycles. The van der Waals surface area contributed by atoms with Gasteiger partial charge in [0, 0.05) is 17.9 Å². The van der Waals surface area contributed by atoms with Crippen LogP contribution in [0.2, 0.25) is 0 Å². The predicted octanol–water partition coefficient (Wildman–Crippen LogP) is 2.05. The van der Waals surface area contributed by atoms with E-state index in [0.29, 0.717) is 18.8 Å². The maximum absolute atomic E-state index is 13.5. The first kappa shape index (κ1) is 12.8.